The molecule has 2 amide bonds. The van der Waals surface area contributed by atoms with E-state index >= 15 is 0 Å². The number of halogens is 1. The molecule has 3 heterocycles. The van der Waals surface area contributed by atoms with Crippen LogP contribution in [-0.4, -0.2) is 63.3 Å². The van der Waals surface area contributed by atoms with E-state index in [1.807, 2.05) is 15.5 Å². The molecule has 2 aliphatic rings. The lowest BCUT2D eigenvalue weighted by atomic mass is 10.1. The van der Waals surface area contributed by atoms with E-state index in [0.29, 0.717) is 30.4 Å². The Balaban J connectivity index is 1.34. The van der Waals surface area contributed by atoms with Crippen LogP contribution >= 0.6 is 11.3 Å². The van der Waals surface area contributed by atoms with Gasteiger partial charge in [-0.1, -0.05) is 36.3 Å². The summed E-state index contributed by atoms with van der Waals surface area (Å²) >= 11 is 1.51. The van der Waals surface area contributed by atoms with Crippen LogP contribution in [0.25, 0.3) is 16.2 Å². The van der Waals surface area contributed by atoms with Gasteiger partial charge in [0.15, 0.2) is 5.82 Å². The number of amides is 2. The predicted octanol–water partition coefficient (Wildman–Crippen LogP) is 4.58. The van der Waals surface area contributed by atoms with Crippen molar-refractivity contribution >= 4 is 33.3 Å². The molecule has 1 aliphatic carbocycles. The molecule has 5 rings (SSSR count). The Morgan fingerprint density at radius 3 is 2.56 bits per heavy atom. The molecular formula is C24H32FN7OS. The first-order valence-electron chi connectivity index (χ1n) is 12.0. The number of piperazine rings is 1. The fourth-order valence-corrected chi connectivity index (χ4v) is 5.56. The molecule has 1 aliphatic heterocycles. The lowest BCUT2D eigenvalue weighted by Gasteiger charge is -2.34. The number of aromatic nitrogens is 3. The number of hydrogen-bond acceptors (Lipinski definition) is 6. The molecule has 0 atom stereocenters. The lowest BCUT2D eigenvalue weighted by Crippen LogP contribution is -2.53. The number of imidazole rings is 1. The Morgan fingerprint density at radius 1 is 1.15 bits per heavy atom. The molecule has 0 radical (unpaired) electrons. The molecular weight excluding hydrogens is 453 g/mol. The van der Waals surface area contributed by atoms with Gasteiger partial charge in [0.05, 0.1) is 0 Å². The number of nitrogens with one attached hydrogen (secondary N) is 2. The summed E-state index contributed by atoms with van der Waals surface area (Å²) in [7, 11) is 0. The maximum absolute atomic E-state index is 13.9. The van der Waals surface area contributed by atoms with Crippen LogP contribution in [0.4, 0.5) is 20.1 Å². The molecule has 0 unspecified atom stereocenters. The van der Waals surface area contributed by atoms with Crippen molar-refractivity contribution in [3.05, 3.63) is 30.1 Å². The van der Waals surface area contributed by atoms with Gasteiger partial charge in [0.2, 0.25) is 10.1 Å². The molecule has 1 aromatic carbocycles. The number of carbonyl (C=O) groups is 1. The van der Waals surface area contributed by atoms with Gasteiger partial charge in [0.1, 0.15) is 11.5 Å². The second kappa shape index (κ2) is 9.05. The van der Waals surface area contributed by atoms with Crippen LogP contribution in [0, 0.1) is 5.82 Å². The van der Waals surface area contributed by atoms with Crippen LogP contribution in [0.3, 0.4) is 0 Å². The number of urea groups is 1. The van der Waals surface area contributed by atoms with Crippen LogP contribution < -0.4 is 15.5 Å². The summed E-state index contributed by atoms with van der Waals surface area (Å²) in [5.41, 5.74) is 1.18. The van der Waals surface area contributed by atoms with Crippen LogP contribution in [0.2, 0.25) is 0 Å². The highest BCUT2D eigenvalue weighted by Crippen LogP contribution is 2.35. The second-order valence-corrected chi connectivity index (χ2v) is 11.1. The highest BCUT2D eigenvalue weighted by Gasteiger charge is 2.28. The SMILES string of the molecule is CC(C)(C)Nc1c(-c2cccc(F)c2)nc2sc(N3CCN(C(=O)NC4CCCC4)CC3)nn12. The molecule has 0 bridgehead atoms. The second-order valence-electron chi connectivity index (χ2n) is 10.2. The quantitative estimate of drug-likeness (QED) is 0.566. The van der Waals surface area contributed by atoms with Crippen molar-refractivity contribution in [2.24, 2.45) is 0 Å². The Labute approximate surface area is 203 Å². The zero-order valence-corrected chi connectivity index (χ0v) is 20.8. The first kappa shape index (κ1) is 22.9. The third-order valence-corrected chi connectivity index (χ3v) is 7.27. The minimum atomic E-state index is -0.293. The molecule has 1 saturated carbocycles. The Hall–Kier alpha value is -2.88. The summed E-state index contributed by atoms with van der Waals surface area (Å²) in [4.78, 5) is 22.3. The molecule has 182 valence electrons. The Kier molecular flexibility index (Phi) is 6.09. The molecule has 10 heteroatoms. The molecule has 34 heavy (non-hydrogen) atoms. The monoisotopic (exact) mass is 485 g/mol. The molecule has 0 spiro atoms. The van der Waals surface area contributed by atoms with E-state index in [4.69, 9.17) is 10.1 Å². The summed E-state index contributed by atoms with van der Waals surface area (Å²) < 4.78 is 15.7. The Bertz CT molecular complexity index is 1170. The zero-order chi connectivity index (χ0) is 23.9. The number of fused-ring (bicyclic) bond motifs is 1. The Morgan fingerprint density at radius 2 is 1.88 bits per heavy atom. The average molecular weight is 486 g/mol. The summed E-state index contributed by atoms with van der Waals surface area (Å²) in [5, 5.41) is 12.4. The number of benzene rings is 1. The maximum atomic E-state index is 13.9. The number of nitrogens with zero attached hydrogens (tertiary/aromatic N) is 5. The van der Waals surface area contributed by atoms with Gasteiger partial charge in [0.25, 0.3) is 0 Å². The molecule has 2 fully saturated rings. The van der Waals surface area contributed by atoms with Gasteiger partial charge >= 0.3 is 6.03 Å². The van der Waals surface area contributed by atoms with E-state index in [1.165, 1.54) is 36.3 Å². The minimum absolute atomic E-state index is 0.0527. The highest BCUT2D eigenvalue weighted by atomic mass is 32.1. The maximum Gasteiger partial charge on any atom is 0.317 e. The van der Waals surface area contributed by atoms with Crippen molar-refractivity contribution in [3.63, 3.8) is 0 Å². The highest BCUT2D eigenvalue weighted by molar-refractivity contribution is 7.20. The van der Waals surface area contributed by atoms with Gasteiger partial charge in [0, 0.05) is 43.3 Å². The van der Waals surface area contributed by atoms with Gasteiger partial charge in [-0.3, -0.25) is 0 Å². The predicted molar refractivity (Wildman–Crippen MR) is 134 cm³/mol. The summed E-state index contributed by atoms with van der Waals surface area (Å²) in [5.74, 6) is 0.462. The first-order chi connectivity index (χ1) is 16.3. The minimum Gasteiger partial charge on any atom is -0.364 e. The molecule has 1 saturated heterocycles. The molecule has 2 aromatic heterocycles. The van der Waals surface area contributed by atoms with Crippen molar-refractivity contribution in [3.8, 4) is 11.3 Å². The topological polar surface area (TPSA) is 77.8 Å². The van der Waals surface area contributed by atoms with E-state index in [9.17, 15) is 9.18 Å². The standard InChI is InChI=1S/C24H32FN7OS/c1-24(2,3)28-20-19(16-7-6-8-17(25)15-16)27-22-32(20)29-23(34-22)31-13-11-30(12-14-31)21(33)26-18-9-4-5-10-18/h6-8,15,18,28H,4-5,9-14H2,1-3H3,(H,26,33). The largest absolute Gasteiger partial charge is 0.364 e. The number of carbonyl (C=O) groups excluding carboxylic acids is 1. The van der Waals surface area contributed by atoms with Gasteiger partial charge in [-0.05, 0) is 45.7 Å². The fraction of sp³-hybridized carbons (Fsp3) is 0.542. The number of anilines is 2. The van der Waals surface area contributed by atoms with Crippen molar-refractivity contribution in [2.45, 2.75) is 58.0 Å². The van der Waals surface area contributed by atoms with Crippen molar-refractivity contribution < 1.29 is 9.18 Å². The van der Waals surface area contributed by atoms with Crippen molar-refractivity contribution in [2.75, 3.05) is 36.4 Å². The van der Waals surface area contributed by atoms with Crippen molar-refractivity contribution in [1.29, 1.82) is 0 Å². The van der Waals surface area contributed by atoms with E-state index in [0.717, 1.165) is 41.8 Å². The third-order valence-electron chi connectivity index (χ3n) is 6.30. The van der Waals surface area contributed by atoms with Gasteiger partial charge < -0.3 is 20.4 Å². The third kappa shape index (κ3) is 4.82. The van der Waals surface area contributed by atoms with Gasteiger partial charge in [-0.15, -0.1) is 5.10 Å². The fourth-order valence-electron chi connectivity index (χ4n) is 4.61. The van der Waals surface area contributed by atoms with Crippen LogP contribution in [0.15, 0.2) is 24.3 Å². The average Bonchev–Trinajstić information content (AvgIpc) is 3.51. The van der Waals surface area contributed by atoms with E-state index in [2.05, 4.69) is 36.3 Å². The smallest absolute Gasteiger partial charge is 0.317 e. The zero-order valence-electron chi connectivity index (χ0n) is 20.0. The summed E-state index contributed by atoms with van der Waals surface area (Å²) in [6.07, 6.45) is 4.59. The van der Waals surface area contributed by atoms with E-state index in [1.54, 1.807) is 6.07 Å². The number of hydrogen-bond donors (Lipinski definition) is 2. The van der Waals surface area contributed by atoms with Gasteiger partial charge in [-0.25, -0.2) is 14.2 Å². The lowest BCUT2D eigenvalue weighted by molar-refractivity contribution is 0.190. The van der Waals surface area contributed by atoms with Crippen molar-refractivity contribution in [1.82, 2.24) is 24.8 Å². The molecule has 2 N–H and O–H groups in total. The molecule has 3 aromatic rings. The van der Waals surface area contributed by atoms with Crippen LogP contribution in [0.5, 0.6) is 0 Å². The van der Waals surface area contributed by atoms with Crippen LogP contribution in [0.1, 0.15) is 46.5 Å². The molecule has 8 nitrogen and oxygen atoms in total. The summed E-state index contributed by atoms with van der Waals surface area (Å²) in [6.45, 7) is 9.02. The normalized spacial score (nSPS) is 17.5. The first-order valence-corrected chi connectivity index (χ1v) is 12.8. The van der Waals surface area contributed by atoms with E-state index < -0.39 is 0 Å². The van der Waals surface area contributed by atoms with Gasteiger partial charge in [-0.2, -0.15) is 4.52 Å². The summed E-state index contributed by atoms with van der Waals surface area (Å²) in [6, 6.07) is 6.87. The van der Waals surface area contributed by atoms with E-state index in [-0.39, 0.29) is 17.4 Å². The van der Waals surface area contributed by atoms with Crippen LogP contribution in [-0.2, 0) is 0 Å². The number of rotatable bonds is 4.